The molecule has 0 unspecified atom stereocenters. The van der Waals surface area contributed by atoms with Gasteiger partial charge >= 0.3 is 0 Å². The third-order valence-electron chi connectivity index (χ3n) is 5.87. The van der Waals surface area contributed by atoms with E-state index in [2.05, 4.69) is 24.8 Å². The molecule has 1 aliphatic heterocycles. The van der Waals surface area contributed by atoms with Gasteiger partial charge in [0.05, 0.1) is 6.61 Å². The van der Waals surface area contributed by atoms with Crippen LogP contribution in [-0.2, 0) is 6.42 Å². The molecule has 1 aromatic rings. The molecular weight excluding hydrogens is 346 g/mol. The zero-order valence-electron chi connectivity index (χ0n) is 18.3. The summed E-state index contributed by atoms with van der Waals surface area (Å²) in [6.07, 6.45) is 14.5. The maximum absolute atomic E-state index is 12.6. The molecule has 0 amide bonds. The number of hydrogen-bond acceptors (Lipinski definition) is 3. The minimum atomic E-state index is 0.263. The van der Waals surface area contributed by atoms with Crippen LogP contribution in [0.5, 0.6) is 5.75 Å². The number of rotatable bonds is 14. The summed E-state index contributed by atoms with van der Waals surface area (Å²) in [5.74, 6) is 1.22. The van der Waals surface area contributed by atoms with E-state index in [0.29, 0.717) is 6.42 Å². The monoisotopic (exact) mass is 387 g/mol. The predicted octanol–water partition coefficient (Wildman–Crippen LogP) is 6.44. The average molecular weight is 388 g/mol. The molecule has 0 bridgehead atoms. The molecule has 0 N–H and O–H groups in total. The third kappa shape index (κ3) is 8.34. The molecule has 1 saturated heterocycles. The van der Waals surface area contributed by atoms with Crippen molar-refractivity contribution >= 4 is 5.78 Å². The summed E-state index contributed by atoms with van der Waals surface area (Å²) in [4.78, 5) is 15.0. The Labute approximate surface area is 172 Å². The van der Waals surface area contributed by atoms with E-state index >= 15 is 0 Å². The molecule has 0 spiro atoms. The Kier molecular flexibility index (Phi) is 11.3. The van der Waals surface area contributed by atoms with E-state index in [9.17, 15) is 4.79 Å². The smallest absolute Gasteiger partial charge is 0.164 e. The minimum Gasteiger partial charge on any atom is -0.493 e. The number of piperidine rings is 1. The van der Waals surface area contributed by atoms with Gasteiger partial charge in [0, 0.05) is 18.5 Å². The minimum absolute atomic E-state index is 0.263. The Morgan fingerprint density at radius 1 is 0.964 bits per heavy atom. The molecule has 1 heterocycles. The number of ketones is 1. The SMILES string of the molecule is CCCCCCCCCOc1ccc(C(=O)CCN2CCCCC2)cc1CC. The first-order chi connectivity index (χ1) is 13.7. The van der Waals surface area contributed by atoms with E-state index in [1.165, 1.54) is 57.8 Å². The number of benzene rings is 1. The number of nitrogens with zero attached hydrogens (tertiary/aromatic N) is 1. The number of ether oxygens (including phenoxy) is 1. The highest BCUT2D eigenvalue weighted by Gasteiger charge is 2.14. The fourth-order valence-electron chi connectivity index (χ4n) is 4.00. The molecule has 0 radical (unpaired) electrons. The van der Waals surface area contributed by atoms with Crippen molar-refractivity contribution in [3.05, 3.63) is 29.3 Å². The van der Waals surface area contributed by atoms with Gasteiger partial charge in [-0.05, 0) is 62.5 Å². The number of carbonyl (C=O) groups excluding carboxylic acids is 1. The summed E-state index contributed by atoms with van der Waals surface area (Å²) in [6, 6.07) is 6.02. The summed E-state index contributed by atoms with van der Waals surface area (Å²) < 4.78 is 6.03. The van der Waals surface area contributed by atoms with Crippen molar-refractivity contribution in [2.24, 2.45) is 0 Å². The number of likely N-dealkylation sites (tertiary alicyclic amines) is 1. The number of aryl methyl sites for hydroxylation is 1. The molecule has 2 rings (SSSR count). The molecule has 3 nitrogen and oxygen atoms in total. The Morgan fingerprint density at radius 2 is 1.68 bits per heavy atom. The van der Waals surface area contributed by atoms with Crippen LogP contribution in [0.3, 0.4) is 0 Å². The van der Waals surface area contributed by atoms with Gasteiger partial charge in [-0.1, -0.05) is 58.8 Å². The van der Waals surface area contributed by atoms with Gasteiger partial charge < -0.3 is 9.64 Å². The zero-order chi connectivity index (χ0) is 20.0. The molecule has 1 aliphatic rings. The van der Waals surface area contributed by atoms with Crippen LogP contribution in [0.25, 0.3) is 0 Å². The quantitative estimate of drug-likeness (QED) is 0.272. The molecule has 0 saturated carbocycles. The summed E-state index contributed by atoms with van der Waals surface area (Å²) in [5.41, 5.74) is 2.00. The normalized spacial score (nSPS) is 14.9. The van der Waals surface area contributed by atoms with Crippen molar-refractivity contribution in [2.75, 3.05) is 26.2 Å². The van der Waals surface area contributed by atoms with Gasteiger partial charge in [0.1, 0.15) is 5.75 Å². The lowest BCUT2D eigenvalue weighted by molar-refractivity contribution is 0.0958. The van der Waals surface area contributed by atoms with Crippen LogP contribution >= 0.6 is 0 Å². The predicted molar refractivity (Wildman–Crippen MR) is 119 cm³/mol. The zero-order valence-corrected chi connectivity index (χ0v) is 18.3. The topological polar surface area (TPSA) is 29.5 Å². The lowest BCUT2D eigenvalue weighted by Gasteiger charge is -2.26. The third-order valence-corrected chi connectivity index (χ3v) is 5.87. The molecule has 158 valence electrons. The molecule has 0 aliphatic carbocycles. The standard InChI is InChI=1S/C25H41NO2/c1-3-5-6-7-8-9-13-20-28-25-15-14-23(21-22(25)4-2)24(27)16-19-26-17-11-10-12-18-26/h14-15,21H,3-13,16-20H2,1-2H3. The molecule has 1 fully saturated rings. The summed E-state index contributed by atoms with van der Waals surface area (Å²) in [7, 11) is 0. The van der Waals surface area contributed by atoms with Gasteiger partial charge in [-0.25, -0.2) is 0 Å². The van der Waals surface area contributed by atoms with E-state index in [1.807, 2.05) is 12.1 Å². The van der Waals surface area contributed by atoms with E-state index in [1.54, 1.807) is 0 Å². The summed E-state index contributed by atoms with van der Waals surface area (Å²) >= 11 is 0. The van der Waals surface area contributed by atoms with Crippen molar-refractivity contribution in [3.63, 3.8) is 0 Å². The van der Waals surface area contributed by atoms with Crippen molar-refractivity contribution in [3.8, 4) is 5.75 Å². The fourth-order valence-corrected chi connectivity index (χ4v) is 4.00. The Balaban J connectivity index is 1.73. The second kappa shape index (κ2) is 13.8. The Hall–Kier alpha value is -1.35. The summed E-state index contributed by atoms with van der Waals surface area (Å²) in [5, 5.41) is 0. The van der Waals surface area contributed by atoms with Crippen molar-refractivity contribution in [1.29, 1.82) is 0 Å². The van der Waals surface area contributed by atoms with Crippen LogP contribution in [0.15, 0.2) is 18.2 Å². The van der Waals surface area contributed by atoms with Gasteiger partial charge in [-0.2, -0.15) is 0 Å². The maximum Gasteiger partial charge on any atom is 0.164 e. The largest absolute Gasteiger partial charge is 0.493 e. The first-order valence-electron chi connectivity index (χ1n) is 11.8. The van der Waals surface area contributed by atoms with Crippen LogP contribution < -0.4 is 4.74 Å². The van der Waals surface area contributed by atoms with Gasteiger partial charge in [0.25, 0.3) is 0 Å². The van der Waals surface area contributed by atoms with E-state index < -0.39 is 0 Å². The highest BCUT2D eigenvalue weighted by molar-refractivity contribution is 5.96. The number of unbranched alkanes of at least 4 members (excludes halogenated alkanes) is 6. The second-order valence-electron chi connectivity index (χ2n) is 8.22. The lowest BCUT2D eigenvalue weighted by atomic mass is 10.0. The Bertz CT molecular complexity index is 564. The van der Waals surface area contributed by atoms with Crippen LogP contribution in [-0.4, -0.2) is 36.9 Å². The number of carbonyl (C=O) groups is 1. The van der Waals surface area contributed by atoms with E-state index in [4.69, 9.17) is 4.74 Å². The fraction of sp³-hybridized carbons (Fsp3) is 0.720. The first-order valence-corrected chi connectivity index (χ1v) is 11.8. The summed E-state index contributed by atoms with van der Waals surface area (Å²) in [6.45, 7) is 8.38. The number of hydrogen-bond donors (Lipinski definition) is 0. The first kappa shape index (κ1) is 22.9. The molecule has 3 heteroatoms. The van der Waals surface area contributed by atoms with E-state index in [-0.39, 0.29) is 5.78 Å². The van der Waals surface area contributed by atoms with Crippen molar-refractivity contribution < 1.29 is 9.53 Å². The van der Waals surface area contributed by atoms with Crippen LogP contribution in [0, 0.1) is 0 Å². The van der Waals surface area contributed by atoms with Crippen LogP contribution in [0.2, 0.25) is 0 Å². The maximum atomic E-state index is 12.6. The second-order valence-corrected chi connectivity index (χ2v) is 8.22. The van der Waals surface area contributed by atoms with Gasteiger partial charge in [-0.3, -0.25) is 4.79 Å². The molecular formula is C25H41NO2. The molecule has 28 heavy (non-hydrogen) atoms. The van der Waals surface area contributed by atoms with Crippen molar-refractivity contribution in [2.45, 2.75) is 90.9 Å². The highest BCUT2D eigenvalue weighted by Crippen LogP contribution is 2.22. The molecule has 0 atom stereocenters. The lowest BCUT2D eigenvalue weighted by Crippen LogP contribution is -2.31. The van der Waals surface area contributed by atoms with Crippen LogP contribution in [0.4, 0.5) is 0 Å². The van der Waals surface area contributed by atoms with Crippen LogP contribution in [0.1, 0.15) is 100 Å². The van der Waals surface area contributed by atoms with Gasteiger partial charge in [0.2, 0.25) is 0 Å². The van der Waals surface area contributed by atoms with Gasteiger partial charge in [0.15, 0.2) is 5.78 Å². The molecule has 0 aromatic heterocycles. The van der Waals surface area contributed by atoms with Crippen molar-refractivity contribution in [1.82, 2.24) is 4.90 Å². The van der Waals surface area contributed by atoms with Gasteiger partial charge in [-0.15, -0.1) is 0 Å². The van der Waals surface area contributed by atoms with E-state index in [0.717, 1.165) is 56.0 Å². The number of Topliss-reactive ketones (excluding diaryl/α,β-unsaturated/α-hetero) is 1. The average Bonchev–Trinajstić information content (AvgIpc) is 2.74. The Morgan fingerprint density at radius 3 is 2.39 bits per heavy atom. The highest BCUT2D eigenvalue weighted by atomic mass is 16.5. The molecule has 1 aromatic carbocycles.